The molecule has 0 radical (unpaired) electrons. The van der Waals surface area contributed by atoms with E-state index in [1.807, 2.05) is 6.92 Å². The first-order valence-corrected chi connectivity index (χ1v) is 6.24. The molecule has 19 heavy (non-hydrogen) atoms. The molecular weight excluding hydrogens is 248 g/mol. The van der Waals surface area contributed by atoms with E-state index in [2.05, 4.69) is 10.1 Å². The number of aromatic nitrogens is 2. The minimum Gasteiger partial charge on any atom is -0.481 e. The third kappa shape index (κ3) is 2.14. The molecule has 0 amide bonds. The molecule has 1 aliphatic rings. The van der Waals surface area contributed by atoms with Crippen molar-refractivity contribution < 1.29 is 18.8 Å². The molecule has 2 aromatic heterocycles. The fourth-order valence-corrected chi connectivity index (χ4v) is 2.73. The van der Waals surface area contributed by atoms with E-state index in [1.165, 1.54) is 12.5 Å². The van der Waals surface area contributed by atoms with Crippen molar-refractivity contribution in [2.75, 3.05) is 0 Å². The number of hydrogen-bond donors (Lipinski definition) is 1. The molecule has 1 aliphatic carbocycles. The highest BCUT2D eigenvalue weighted by Gasteiger charge is 2.41. The van der Waals surface area contributed by atoms with E-state index in [4.69, 9.17) is 8.94 Å². The third-order valence-electron chi connectivity index (χ3n) is 3.65. The summed E-state index contributed by atoms with van der Waals surface area (Å²) in [4.78, 5) is 15.6. The van der Waals surface area contributed by atoms with Gasteiger partial charge in [-0.15, -0.1) is 0 Å². The van der Waals surface area contributed by atoms with Gasteiger partial charge < -0.3 is 14.0 Å². The minimum atomic E-state index is -0.794. The van der Waals surface area contributed by atoms with Crippen molar-refractivity contribution in [3.63, 3.8) is 0 Å². The maximum atomic E-state index is 11.3. The summed E-state index contributed by atoms with van der Waals surface area (Å²) in [5.74, 6) is -0.221. The third-order valence-corrected chi connectivity index (χ3v) is 3.65. The summed E-state index contributed by atoms with van der Waals surface area (Å²) in [5, 5.41) is 13.1. The second-order valence-electron chi connectivity index (χ2n) is 5.10. The van der Waals surface area contributed by atoms with Gasteiger partial charge in [0.05, 0.1) is 23.7 Å². The number of rotatable bonds is 3. The molecule has 6 nitrogen and oxygen atoms in total. The molecule has 0 spiro atoms. The van der Waals surface area contributed by atoms with Gasteiger partial charge >= 0.3 is 5.97 Å². The molecule has 1 saturated carbocycles. The molecule has 0 saturated heterocycles. The smallest absolute Gasteiger partial charge is 0.307 e. The molecule has 2 heterocycles. The molecule has 3 unspecified atom stereocenters. The van der Waals surface area contributed by atoms with Crippen molar-refractivity contribution in [1.29, 1.82) is 0 Å². The van der Waals surface area contributed by atoms with E-state index >= 15 is 0 Å². The second kappa shape index (κ2) is 4.53. The Bertz CT molecular complexity index is 575. The van der Waals surface area contributed by atoms with Crippen molar-refractivity contribution in [1.82, 2.24) is 10.1 Å². The summed E-state index contributed by atoms with van der Waals surface area (Å²) in [6.45, 7) is 2.04. The van der Waals surface area contributed by atoms with Gasteiger partial charge in [-0.3, -0.25) is 4.79 Å². The maximum Gasteiger partial charge on any atom is 0.307 e. The summed E-state index contributed by atoms with van der Waals surface area (Å²) >= 11 is 0. The Morgan fingerprint density at radius 1 is 1.47 bits per heavy atom. The lowest BCUT2D eigenvalue weighted by molar-refractivity contribution is -0.142. The fraction of sp³-hybridized carbons (Fsp3) is 0.462. The molecule has 100 valence electrons. The fourth-order valence-electron chi connectivity index (χ4n) is 2.73. The lowest BCUT2D eigenvalue weighted by Crippen LogP contribution is -2.17. The number of carboxylic acids is 1. The monoisotopic (exact) mass is 262 g/mol. The normalized spacial score (nSPS) is 26.7. The van der Waals surface area contributed by atoms with Gasteiger partial charge in [0.1, 0.15) is 6.26 Å². The lowest BCUT2D eigenvalue weighted by Gasteiger charge is -2.09. The molecule has 3 rings (SSSR count). The second-order valence-corrected chi connectivity index (χ2v) is 5.10. The first kappa shape index (κ1) is 12.0. The maximum absolute atomic E-state index is 11.3. The van der Waals surface area contributed by atoms with Crippen LogP contribution in [0.1, 0.15) is 31.6 Å². The van der Waals surface area contributed by atoms with Gasteiger partial charge in [0.2, 0.25) is 11.7 Å². The van der Waals surface area contributed by atoms with Gasteiger partial charge in [-0.1, -0.05) is 12.1 Å². The Hall–Kier alpha value is -2.11. The first-order valence-electron chi connectivity index (χ1n) is 6.24. The van der Waals surface area contributed by atoms with Crippen LogP contribution in [0.15, 0.2) is 27.5 Å². The van der Waals surface area contributed by atoms with E-state index < -0.39 is 11.9 Å². The van der Waals surface area contributed by atoms with E-state index in [-0.39, 0.29) is 5.92 Å². The zero-order chi connectivity index (χ0) is 13.4. The molecule has 0 bridgehead atoms. The SMILES string of the molecule is CC1CC(C(=O)O)C(c2nc(-c3ccoc3)no2)C1. The summed E-state index contributed by atoms with van der Waals surface area (Å²) in [7, 11) is 0. The van der Waals surface area contributed by atoms with Crippen LogP contribution in [0.2, 0.25) is 0 Å². The van der Waals surface area contributed by atoms with Crippen LogP contribution >= 0.6 is 0 Å². The molecule has 6 heteroatoms. The quantitative estimate of drug-likeness (QED) is 0.914. The van der Waals surface area contributed by atoms with Crippen molar-refractivity contribution in [2.24, 2.45) is 11.8 Å². The van der Waals surface area contributed by atoms with E-state index in [0.29, 0.717) is 24.1 Å². The average Bonchev–Trinajstić information content (AvgIpc) is 3.07. The van der Waals surface area contributed by atoms with Gasteiger partial charge in [-0.25, -0.2) is 0 Å². The topological polar surface area (TPSA) is 89.4 Å². The van der Waals surface area contributed by atoms with Crippen LogP contribution < -0.4 is 0 Å². The Kier molecular flexibility index (Phi) is 2.85. The Morgan fingerprint density at radius 2 is 2.32 bits per heavy atom. The average molecular weight is 262 g/mol. The van der Waals surface area contributed by atoms with Crippen molar-refractivity contribution >= 4 is 5.97 Å². The summed E-state index contributed by atoms with van der Waals surface area (Å²) in [6.07, 6.45) is 4.48. The van der Waals surface area contributed by atoms with Crippen molar-refractivity contribution in [3.8, 4) is 11.4 Å². The molecule has 1 N–H and O–H groups in total. The number of hydrogen-bond acceptors (Lipinski definition) is 5. The standard InChI is InChI=1S/C13H14N2O4/c1-7-4-9(10(5-7)13(16)17)12-14-11(15-19-12)8-2-3-18-6-8/h2-3,6-7,9-10H,4-5H2,1H3,(H,16,17). The minimum absolute atomic E-state index is 0.194. The molecule has 0 aromatic carbocycles. The molecule has 2 aromatic rings. The number of nitrogens with zero attached hydrogens (tertiary/aromatic N) is 2. The highest BCUT2D eigenvalue weighted by atomic mass is 16.5. The number of furan rings is 1. The van der Waals surface area contributed by atoms with Gasteiger partial charge in [0.15, 0.2) is 0 Å². The Balaban J connectivity index is 1.88. The molecular formula is C13H14N2O4. The van der Waals surface area contributed by atoms with Crippen LogP contribution in [-0.2, 0) is 4.79 Å². The largest absolute Gasteiger partial charge is 0.481 e. The predicted octanol–water partition coefficient (Wildman–Crippen LogP) is 2.54. The zero-order valence-electron chi connectivity index (χ0n) is 10.4. The van der Waals surface area contributed by atoms with Crippen LogP contribution in [0.4, 0.5) is 0 Å². The van der Waals surface area contributed by atoms with Crippen LogP contribution in [0, 0.1) is 11.8 Å². The summed E-state index contributed by atoms with van der Waals surface area (Å²) < 4.78 is 10.2. The highest BCUT2D eigenvalue weighted by molar-refractivity contribution is 5.71. The van der Waals surface area contributed by atoms with Gasteiger partial charge in [0.25, 0.3) is 0 Å². The van der Waals surface area contributed by atoms with Gasteiger partial charge in [0, 0.05) is 0 Å². The predicted molar refractivity (Wildman–Crippen MR) is 64.3 cm³/mol. The number of carbonyl (C=O) groups is 1. The van der Waals surface area contributed by atoms with Crippen LogP contribution in [0.25, 0.3) is 11.4 Å². The zero-order valence-corrected chi connectivity index (χ0v) is 10.4. The van der Waals surface area contributed by atoms with Crippen LogP contribution in [0.3, 0.4) is 0 Å². The van der Waals surface area contributed by atoms with Crippen LogP contribution in [0.5, 0.6) is 0 Å². The lowest BCUT2D eigenvalue weighted by atomic mass is 9.96. The van der Waals surface area contributed by atoms with Crippen molar-refractivity contribution in [2.45, 2.75) is 25.7 Å². The first-order chi connectivity index (χ1) is 9.15. The van der Waals surface area contributed by atoms with Crippen molar-refractivity contribution in [3.05, 3.63) is 24.5 Å². The number of carboxylic acid groups (broad SMARTS) is 1. The van der Waals surface area contributed by atoms with E-state index in [0.717, 1.165) is 12.0 Å². The van der Waals surface area contributed by atoms with Gasteiger partial charge in [-0.05, 0) is 24.8 Å². The summed E-state index contributed by atoms with van der Waals surface area (Å²) in [6, 6.07) is 1.74. The molecule has 3 atom stereocenters. The summed E-state index contributed by atoms with van der Waals surface area (Å²) in [5.41, 5.74) is 0.730. The highest BCUT2D eigenvalue weighted by Crippen LogP contribution is 2.42. The number of aliphatic carboxylic acids is 1. The molecule has 1 fully saturated rings. The Morgan fingerprint density at radius 3 is 3.00 bits per heavy atom. The van der Waals surface area contributed by atoms with E-state index in [1.54, 1.807) is 6.07 Å². The Labute approximate surface area is 109 Å². The van der Waals surface area contributed by atoms with Gasteiger partial charge in [-0.2, -0.15) is 4.98 Å². The molecule has 0 aliphatic heterocycles. The van der Waals surface area contributed by atoms with Crippen LogP contribution in [-0.4, -0.2) is 21.2 Å². The van der Waals surface area contributed by atoms with E-state index in [9.17, 15) is 9.90 Å².